The van der Waals surface area contributed by atoms with Gasteiger partial charge in [-0.25, -0.2) is 4.79 Å². The van der Waals surface area contributed by atoms with Crippen LogP contribution in [0, 0.1) is 5.92 Å². The number of aliphatic imine (C=N–C) groups is 1. The van der Waals surface area contributed by atoms with Crippen LogP contribution in [0.3, 0.4) is 0 Å². The third-order valence-corrected chi connectivity index (χ3v) is 8.74. The number of amidine groups is 1. The minimum absolute atomic E-state index is 0.0432. The van der Waals surface area contributed by atoms with Crippen molar-refractivity contribution < 1.29 is 28.7 Å². The van der Waals surface area contributed by atoms with Crippen LogP contribution in [0.15, 0.2) is 77.8 Å². The second-order valence-electron chi connectivity index (χ2n) is 11.6. The normalized spacial score (nSPS) is 15.5. The van der Waals surface area contributed by atoms with Gasteiger partial charge in [-0.3, -0.25) is 19.7 Å². The number of carbonyl (C=O) groups is 4. The summed E-state index contributed by atoms with van der Waals surface area (Å²) in [6.45, 7) is 6.53. The molecule has 11 nitrogen and oxygen atoms in total. The highest BCUT2D eigenvalue weighted by Gasteiger charge is 2.40. The highest BCUT2D eigenvalue weighted by Crippen LogP contribution is 2.31. The first kappa shape index (κ1) is 35.3. The average Bonchev–Trinajstić information content (AvgIpc) is 3.76. The molecule has 4 rings (SSSR count). The van der Waals surface area contributed by atoms with E-state index in [0.29, 0.717) is 24.3 Å². The molecule has 0 bridgehead atoms. The third kappa shape index (κ3) is 9.97. The maximum atomic E-state index is 14.4. The van der Waals surface area contributed by atoms with E-state index >= 15 is 0 Å². The number of esters is 1. The van der Waals surface area contributed by atoms with Crippen LogP contribution in [0.4, 0.5) is 4.79 Å². The van der Waals surface area contributed by atoms with E-state index in [9.17, 15) is 19.2 Å². The number of amides is 3. The molecule has 0 saturated carbocycles. The summed E-state index contributed by atoms with van der Waals surface area (Å²) in [7, 11) is 0. The molecule has 0 spiro atoms. The number of ether oxygens (including phenoxy) is 2. The van der Waals surface area contributed by atoms with E-state index in [1.54, 1.807) is 24.0 Å². The Hall–Kier alpha value is -4.55. The number of nitrogens with one attached hydrogen (secondary N) is 2. The fraction of sp³-hybridized carbons (Fsp3) is 0.400. The average molecular weight is 662 g/mol. The standard InChI is InChI=1S/C35H43N5O6S/c1-4-45-29(41)21-37-31(30(24-12-7-5-8-13-24)25-14-9-6-10-15-25)34(43)40-19-11-16-27(40)33(42)38-20-26-17-18-28(47-26)32(36)39-35(44)46-22-23(2)3/h5-10,12-15,17-18,23,27,30-31,37H,4,11,16,19-22H2,1-3H3,(H,38,42)(H2,36,39,44)/t27-,31?/m0/s1. The predicted octanol–water partition coefficient (Wildman–Crippen LogP) is 4.21. The van der Waals surface area contributed by atoms with E-state index < -0.39 is 30.1 Å². The molecule has 47 heavy (non-hydrogen) atoms. The number of nitrogens with zero attached hydrogens (tertiary/aromatic N) is 2. The molecular formula is C35H43N5O6S. The van der Waals surface area contributed by atoms with Gasteiger partial charge in [0.1, 0.15) is 11.9 Å². The lowest BCUT2D eigenvalue weighted by molar-refractivity contribution is -0.143. The molecule has 1 aliphatic heterocycles. The van der Waals surface area contributed by atoms with Crippen molar-refractivity contribution in [2.45, 2.75) is 58.2 Å². The first-order valence-electron chi connectivity index (χ1n) is 15.8. The molecule has 2 heterocycles. The summed E-state index contributed by atoms with van der Waals surface area (Å²) in [5, 5.41) is 6.14. The van der Waals surface area contributed by atoms with Crippen molar-refractivity contribution in [3.05, 3.63) is 93.7 Å². The van der Waals surface area contributed by atoms with Crippen LogP contribution in [-0.2, 0) is 30.4 Å². The molecule has 1 aromatic heterocycles. The van der Waals surface area contributed by atoms with Gasteiger partial charge in [-0.05, 0) is 48.9 Å². The molecule has 4 N–H and O–H groups in total. The summed E-state index contributed by atoms with van der Waals surface area (Å²) in [6.07, 6.45) is 0.429. The minimum Gasteiger partial charge on any atom is -0.465 e. The smallest absolute Gasteiger partial charge is 0.435 e. The van der Waals surface area contributed by atoms with E-state index in [1.165, 1.54) is 11.3 Å². The van der Waals surface area contributed by atoms with E-state index in [4.69, 9.17) is 15.2 Å². The molecule has 2 atom stereocenters. The number of nitrogens with two attached hydrogens (primary N) is 1. The lowest BCUT2D eigenvalue weighted by Gasteiger charge is -2.33. The Labute approximate surface area is 279 Å². The number of thiophene rings is 1. The van der Waals surface area contributed by atoms with Crippen LogP contribution in [0.5, 0.6) is 0 Å². The topological polar surface area (TPSA) is 152 Å². The van der Waals surface area contributed by atoms with Crippen molar-refractivity contribution in [3.8, 4) is 0 Å². The molecule has 0 radical (unpaired) electrons. The molecule has 1 aliphatic rings. The fourth-order valence-corrected chi connectivity index (χ4v) is 6.31. The van der Waals surface area contributed by atoms with Crippen molar-refractivity contribution in [2.75, 3.05) is 26.3 Å². The molecule has 0 aliphatic carbocycles. The van der Waals surface area contributed by atoms with Crippen LogP contribution in [0.1, 0.15) is 60.4 Å². The predicted molar refractivity (Wildman–Crippen MR) is 181 cm³/mol. The van der Waals surface area contributed by atoms with Crippen LogP contribution < -0.4 is 16.4 Å². The van der Waals surface area contributed by atoms with Crippen LogP contribution in [-0.4, -0.2) is 73.0 Å². The fourth-order valence-electron chi connectivity index (χ4n) is 5.46. The summed E-state index contributed by atoms with van der Waals surface area (Å²) in [5.74, 6) is -1.21. The zero-order chi connectivity index (χ0) is 33.8. The van der Waals surface area contributed by atoms with E-state index in [-0.39, 0.29) is 49.9 Å². The van der Waals surface area contributed by atoms with E-state index in [1.807, 2.05) is 74.5 Å². The molecule has 250 valence electrons. The molecule has 3 aromatic rings. The number of likely N-dealkylation sites (tertiary alicyclic amines) is 1. The van der Waals surface area contributed by atoms with Crippen molar-refractivity contribution in [3.63, 3.8) is 0 Å². The summed E-state index contributed by atoms with van der Waals surface area (Å²) in [5.41, 5.74) is 7.81. The monoisotopic (exact) mass is 661 g/mol. The van der Waals surface area contributed by atoms with Gasteiger partial charge in [0.25, 0.3) is 0 Å². The Morgan fingerprint density at radius 2 is 1.64 bits per heavy atom. The van der Waals surface area contributed by atoms with Crippen molar-refractivity contribution in [1.29, 1.82) is 0 Å². The summed E-state index contributed by atoms with van der Waals surface area (Å²) in [4.78, 5) is 59.1. The minimum atomic E-state index is -0.841. The maximum Gasteiger partial charge on any atom is 0.435 e. The quantitative estimate of drug-likeness (QED) is 0.132. The molecule has 3 amide bonds. The molecule has 1 unspecified atom stereocenters. The third-order valence-electron chi connectivity index (χ3n) is 7.63. The van der Waals surface area contributed by atoms with Gasteiger partial charge in [-0.1, -0.05) is 74.5 Å². The maximum absolute atomic E-state index is 14.4. The van der Waals surface area contributed by atoms with Gasteiger partial charge in [-0.15, -0.1) is 11.3 Å². The highest BCUT2D eigenvalue weighted by atomic mass is 32.1. The SMILES string of the molecule is CCOC(=O)CNC(C(=O)N1CCC[C@H]1C(=O)NCc1ccc(C(N)=NC(=O)OCC(C)C)s1)C(c1ccccc1)c1ccccc1. The first-order chi connectivity index (χ1) is 22.7. The molecule has 2 aromatic carbocycles. The lowest BCUT2D eigenvalue weighted by Crippen LogP contribution is -2.55. The molecule has 12 heteroatoms. The second-order valence-corrected chi connectivity index (χ2v) is 12.8. The Morgan fingerprint density at radius 3 is 2.26 bits per heavy atom. The number of benzene rings is 2. The van der Waals surface area contributed by atoms with Gasteiger partial charge in [0, 0.05) is 17.3 Å². The van der Waals surface area contributed by atoms with Crippen molar-refractivity contribution in [1.82, 2.24) is 15.5 Å². The van der Waals surface area contributed by atoms with Gasteiger partial charge in [0.15, 0.2) is 0 Å². The zero-order valence-electron chi connectivity index (χ0n) is 27.0. The summed E-state index contributed by atoms with van der Waals surface area (Å²) in [6, 6.07) is 21.3. The Balaban J connectivity index is 1.49. The number of carbonyl (C=O) groups excluding carboxylic acids is 4. The van der Waals surface area contributed by atoms with Crippen molar-refractivity contribution in [2.24, 2.45) is 16.6 Å². The van der Waals surface area contributed by atoms with Gasteiger partial charge in [0.05, 0.1) is 37.2 Å². The summed E-state index contributed by atoms with van der Waals surface area (Å²) < 4.78 is 10.2. The van der Waals surface area contributed by atoms with E-state index in [0.717, 1.165) is 16.0 Å². The number of hydrogen-bond donors (Lipinski definition) is 3. The Morgan fingerprint density at radius 1 is 0.979 bits per heavy atom. The molecule has 1 saturated heterocycles. The first-order valence-corrected chi connectivity index (χ1v) is 16.7. The molecule has 1 fully saturated rings. The largest absolute Gasteiger partial charge is 0.465 e. The van der Waals surface area contributed by atoms with Crippen LogP contribution >= 0.6 is 11.3 Å². The van der Waals surface area contributed by atoms with Gasteiger partial charge in [-0.2, -0.15) is 4.99 Å². The van der Waals surface area contributed by atoms with Gasteiger partial charge in [0.2, 0.25) is 11.8 Å². The Kier molecular flexibility index (Phi) is 13.1. The lowest BCUT2D eigenvalue weighted by atomic mass is 9.84. The van der Waals surface area contributed by atoms with Crippen molar-refractivity contribution >= 4 is 41.0 Å². The summed E-state index contributed by atoms with van der Waals surface area (Å²) >= 11 is 1.30. The van der Waals surface area contributed by atoms with Crippen LogP contribution in [0.25, 0.3) is 0 Å². The van der Waals surface area contributed by atoms with Gasteiger partial charge >= 0.3 is 12.1 Å². The number of rotatable bonds is 14. The zero-order valence-corrected chi connectivity index (χ0v) is 27.8. The second kappa shape index (κ2) is 17.4. The Bertz CT molecular complexity index is 1490. The number of hydrogen-bond acceptors (Lipinski definition) is 8. The van der Waals surface area contributed by atoms with Crippen LogP contribution in [0.2, 0.25) is 0 Å². The van der Waals surface area contributed by atoms with Gasteiger partial charge < -0.3 is 25.4 Å². The molecular weight excluding hydrogens is 618 g/mol. The highest BCUT2D eigenvalue weighted by molar-refractivity contribution is 7.14. The van der Waals surface area contributed by atoms with E-state index in [2.05, 4.69) is 15.6 Å².